The summed E-state index contributed by atoms with van der Waals surface area (Å²) in [7, 11) is 5.63. The number of nitrogens with one attached hydrogen (secondary N) is 3. The van der Waals surface area contributed by atoms with Crippen LogP contribution in [0.5, 0.6) is 0 Å². The molecule has 0 aliphatic heterocycles. The molecule has 0 heterocycles. The van der Waals surface area contributed by atoms with Gasteiger partial charge in [0.15, 0.2) is 5.78 Å². The molecular formula is C23H37N3O2. The van der Waals surface area contributed by atoms with Crippen molar-refractivity contribution in [2.24, 2.45) is 22.2 Å². The van der Waals surface area contributed by atoms with Gasteiger partial charge >= 0.3 is 0 Å². The molecule has 3 N–H and O–H groups in total. The van der Waals surface area contributed by atoms with E-state index in [2.05, 4.69) is 54.9 Å². The van der Waals surface area contributed by atoms with Gasteiger partial charge in [0.2, 0.25) is 0 Å². The number of Topliss-reactive ketones (excluding diaryl/α,β-unsaturated/α-hetero) is 2. The van der Waals surface area contributed by atoms with Crippen molar-refractivity contribution in [2.75, 3.05) is 21.1 Å². The summed E-state index contributed by atoms with van der Waals surface area (Å²) in [5, 5.41) is 9.92. The Morgan fingerprint density at radius 1 is 1.21 bits per heavy atom. The normalized spacial score (nSPS) is 35.6. The average molecular weight is 388 g/mol. The molecule has 0 radical (unpaired) electrons. The molecule has 0 aromatic heterocycles. The Morgan fingerprint density at radius 3 is 2.43 bits per heavy atom. The zero-order valence-electron chi connectivity index (χ0n) is 18.4. The molecule has 2 saturated carbocycles. The van der Waals surface area contributed by atoms with E-state index >= 15 is 0 Å². The van der Waals surface area contributed by atoms with Crippen molar-refractivity contribution in [1.82, 2.24) is 16.0 Å². The summed E-state index contributed by atoms with van der Waals surface area (Å²) in [4.78, 5) is 27.6. The number of likely N-dealkylation sites (N-methyl/N-ethyl adjacent to an activating group) is 3. The standard InChI is InChI=1S/C23H37N3O2/c1-7-8-9-12-21-13-14-22(18(27)15-21,20(21,2)3)19(28)16-10-11-17(24-4)23(16,25-5)26-6/h9,11-12,16,24-26H,7-8,10,13-15H2,1-6H3. The van der Waals surface area contributed by atoms with Gasteiger partial charge in [-0.15, -0.1) is 0 Å². The van der Waals surface area contributed by atoms with Gasteiger partial charge in [-0.1, -0.05) is 45.4 Å². The smallest absolute Gasteiger partial charge is 0.153 e. The minimum absolute atomic E-state index is 0.107. The van der Waals surface area contributed by atoms with Crippen LogP contribution in [0, 0.1) is 22.2 Å². The predicted octanol–water partition coefficient (Wildman–Crippen LogP) is 2.94. The quantitative estimate of drug-likeness (QED) is 0.339. The maximum absolute atomic E-state index is 14.1. The van der Waals surface area contributed by atoms with Crippen LogP contribution in [-0.4, -0.2) is 38.4 Å². The van der Waals surface area contributed by atoms with Crippen molar-refractivity contribution in [3.63, 3.8) is 0 Å². The molecule has 3 aliphatic rings. The molecule has 3 unspecified atom stereocenters. The SMILES string of the molecule is CCCC=CC12CCC(C(=O)C3CC=C(NC)C3(NC)NC)(C(=O)C1)C2(C)C. The lowest BCUT2D eigenvalue weighted by Crippen LogP contribution is -2.65. The molecule has 28 heavy (non-hydrogen) atoms. The fourth-order valence-corrected chi connectivity index (χ4v) is 6.49. The number of carbonyl (C=O) groups excluding carboxylic acids is 2. The minimum Gasteiger partial charge on any atom is -0.389 e. The van der Waals surface area contributed by atoms with E-state index in [0.29, 0.717) is 19.3 Å². The summed E-state index contributed by atoms with van der Waals surface area (Å²) >= 11 is 0. The van der Waals surface area contributed by atoms with Gasteiger partial charge in [0.05, 0.1) is 11.3 Å². The Morgan fingerprint density at radius 2 is 1.89 bits per heavy atom. The van der Waals surface area contributed by atoms with E-state index in [4.69, 9.17) is 0 Å². The highest BCUT2D eigenvalue weighted by atomic mass is 16.2. The lowest BCUT2D eigenvalue weighted by molar-refractivity contribution is -0.148. The van der Waals surface area contributed by atoms with E-state index in [1.54, 1.807) is 0 Å². The van der Waals surface area contributed by atoms with E-state index in [9.17, 15) is 9.59 Å². The molecule has 3 aliphatic carbocycles. The van der Waals surface area contributed by atoms with E-state index in [1.165, 1.54) is 0 Å². The number of unbranched alkanes of at least 4 members (excludes halogenated alkanes) is 1. The Kier molecular flexibility index (Phi) is 5.39. The van der Waals surface area contributed by atoms with Crippen molar-refractivity contribution in [3.05, 3.63) is 23.9 Å². The van der Waals surface area contributed by atoms with Crippen LogP contribution in [0.25, 0.3) is 0 Å². The van der Waals surface area contributed by atoms with Crippen molar-refractivity contribution in [1.29, 1.82) is 0 Å². The third-order valence-electron chi connectivity index (χ3n) is 8.40. The highest BCUT2D eigenvalue weighted by molar-refractivity contribution is 6.12. The molecule has 0 aromatic carbocycles. The number of ketones is 2. The summed E-state index contributed by atoms with van der Waals surface area (Å²) in [5.41, 5.74) is -1.11. The van der Waals surface area contributed by atoms with Crippen LogP contribution in [0.1, 0.15) is 59.3 Å². The molecular weight excluding hydrogens is 350 g/mol. The second-order valence-electron chi connectivity index (χ2n) is 9.31. The highest BCUT2D eigenvalue weighted by Gasteiger charge is 2.75. The summed E-state index contributed by atoms with van der Waals surface area (Å²) < 4.78 is 0. The molecule has 2 bridgehead atoms. The first-order chi connectivity index (χ1) is 13.2. The van der Waals surface area contributed by atoms with Gasteiger partial charge in [-0.05, 0) is 45.2 Å². The zero-order valence-corrected chi connectivity index (χ0v) is 18.4. The summed E-state index contributed by atoms with van der Waals surface area (Å²) in [6, 6.07) is 0. The largest absolute Gasteiger partial charge is 0.389 e. The van der Waals surface area contributed by atoms with Gasteiger partial charge in [0.1, 0.15) is 11.4 Å². The van der Waals surface area contributed by atoms with Crippen LogP contribution in [-0.2, 0) is 9.59 Å². The number of hydrogen-bond donors (Lipinski definition) is 3. The molecule has 5 nitrogen and oxygen atoms in total. The number of hydrogen-bond acceptors (Lipinski definition) is 5. The van der Waals surface area contributed by atoms with E-state index in [-0.39, 0.29) is 28.3 Å². The molecule has 0 saturated heterocycles. The third kappa shape index (κ3) is 2.38. The van der Waals surface area contributed by atoms with Crippen molar-refractivity contribution >= 4 is 11.6 Å². The number of fused-ring (bicyclic) bond motifs is 2. The fraction of sp³-hybridized carbons (Fsp3) is 0.739. The predicted molar refractivity (Wildman–Crippen MR) is 113 cm³/mol. The van der Waals surface area contributed by atoms with E-state index in [1.807, 2.05) is 21.1 Å². The van der Waals surface area contributed by atoms with E-state index in [0.717, 1.165) is 25.0 Å². The lowest BCUT2D eigenvalue weighted by atomic mass is 9.59. The van der Waals surface area contributed by atoms with Gasteiger partial charge in [-0.2, -0.15) is 0 Å². The van der Waals surface area contributed by atoms with Crippen LogP contribution in [0.3, 0.4) is 0 Å². The topological polar surface area (TPSA) is 70.2 Å². The summed E-state index contributed by atoms with van der Waals surface area (Å²) in [5.74, 6) is -0.0495. The molecule has 3 rings (SSSR count). The van der Waals surface area contributed by atoms with Crippen LogP contribution in [0.15, 0.2) is 23.9 Å². The van der Waals surface area contributed by atoms with Crippen LogP contribution < -0.4 is 16.0 Å². The monoisotopic (exact) mass is 387 g/mol. The highest BCUT2D eigenvalue weighted by Crippen LogP contribution is 2.72. The number of carbonyl (C=O) groups is 2. The Balaban J connectivity index is 2.02. The summed E-state index contributed by atoms with van der Waals surface area (Å²) in [6.07, 6.45) is 11.4. The second-order valence-corrected chi connectivity index (χ2v) is 9.31. The molecule has 3 atom stereocenters. The van der Waals surface area contributed by atoms with Gasteiger partial charge in [0, 0.05) is 24.6 Å². The molecule has 156 valence electrons. The zero-order chi connectivity index (χ0) is 20.8. The van der Waals surface area contributed by atoms with Crippen LogP contribution >= 0.6 is 0 Å². The van der Waals surface area contributed by atoms with Crippen molar-refractivity contribution in [3.8, 4) is 0 Å². The van der Waals surface area contributed by atoms with Crippen LogP contribution in [0.4, 0.5) is 0 Å². The van der Waals surface area contributed by atoms with Crippen molar-refractivity contribution in [2.45, 2.75) is 65.0 Å². The first-order valence-corrected chi connectivity index (χ1v) is 10.7. The maximum atomic E-state index is 14.1. The molecule has 0 aromatic rings. The average Bonchev–Trinajstić information content (AvgIpc) is 3.21. The van der Waals surface area contributed by atoms with Crippen LogP contribution in [0.2, 0.25) is 0 Å². The Bertz CT molecular complexity index is 719. The molecule has 2 fully saturated rings. The molecule has 5 heteroatoms. The van der Waals surface area contributed by atoms with Gasteiger partial charge in [-0.3, -0.25) is 20.2 Å². The molecule has 0 amide bonds. The first-order valence-electron chi connectivity index (χ1n) is 10.7. The van der Waals surface area contributed by atoms with Gasteiger partial charge < -0.3 is 5.32 Å². The van der Waals surface area contributed by atoms with Crippen molar-refractivity contribution < 1.29 is 9.59 Å². The van der Waals surface area contributed by atoms with E-state index < -0.39 is 11.1 Å². The second kappa shape index (κ2) is 7.10. The van der Waals surface area contributed by atoms with Gasteiger partial charge in [-0.25, -0.2) is 0 Å². The third-order valence-corrected chi connectivity index (χ3v) is 8.40. The Labute approximate surface area is 169 Å². The first kappa shape index (κ1) is 21.3. The number of allylic oxidation sites excluding steroid dienone is 3. The lowest BCUT2D eigenvalue weighted by Gasteiger charge is -2.44. The minimum atomic E-state index is -0.885. The maximum Gasteiger partial charge on any atom is 0.153 e. The van der Waals surface area contributed by atoms with Gasteiger partial charge in [0.25, 0.3) is 0 Å². The molecule has 0 spiro atoms. The fourth-order valence-electron chi connectivity index (χ4n) is 6.49. The Hall–Kier alpha value is -1.46. The number of rotatable bonds is 8. The summed E-state index contributed by atoms with van der Waals surface area (Å²) in [6.45, 7) is 6.47.